The van der Waals surface area contributed by atoms with Gasteiger partial charge in [0.15, 0.2) is 0 Å². The van der Waals surface area contributed by atoms with Gasteiger partial charge in [-0.05, 0) is 44.2 Å². The topological polar surface area (TPSA) is 43.8 Å². The molecule has 0 bridgehead atoms. The third-order valence-corrected chi connectivity index (χ3v) is 4.54. The molecule has 2 aliphatic heterocycles. The molecule has 1 saturated heterocycles. The van der Waals surface area contributed by atoms with Gasteiger partial charge in [0.25, 0.3) is 0 Å². The third-order valence-electron chi connectivity index (χ3n) is 4.54. The molecule has 0 spiro atoms. The van der Waals surface area contributed by atoms with Crippen LogP contribution < -0.4 is 9.80 Å². The van der Waals surface area contributed by atoms with Crippen molar-refractivity contribution in [1.29, 1.82) is 0 Å². The molecule has 0 aliphatic carbocycles. The van der Waals surface area contributed by atoms with Gasteiger partial charge in [0.1, 0.15) is 5.75 Å². The molecule has 4 heteroatoms. The largest absolute Gasteiger partial charge is 0.505 e. The number of rotatable bonds is 1. The van der Waals surface area contributed by atoms with Crippen LogP contribution in [0.15, 0.2) is 6.07 Å². The van der Waals surface area contributed by atoms with Gasteiger partial charge < -0.3 is 14.9 Å². The van der Waals surface area contributed by atoms with Gasteiger partial charge in [-0.2, -0.15) is 0 Å². The minimum atomic E-state index is 0.130. The Labute approximate surface area is 120 Å². The first kappa shape index (κ1) is 13.3. The van der Waals surface area contributed by atoms with Gasteiger partial charge in [0.2, 0.25) is 5.91 Å². The molecule has 2 aliphatic rings. The predicted octanol–water partition coefficient (Wildman–Crippen LogP) is 2.60. The molecule has 0 atom stereocenters. The Balaban J connectivity index is 2.06. The maximum Gasteiger partial charge on any atom is 0.227 e. The zero-order valence-corrected chi connectivity index (χ0v) is 12.3. The van der Waals surface area contributed by atoms with E-state index in [1.54, 1.807) is 11.9 Å². The first-order valence-electron chi connectivity index (χ1n) is 7.46. The number of benzene rings is 1. The molecule has 0 radical (unpaired) electrons. The Bertz CT molecular complexity index is 548. The lowest BCUT2D eigenvalue weighted by atomic mass is 9.95. The lowest BCUT2D eigenvalue weighted by Crippen LogP contribution is -2.33. The zero-order chi connectivity index (χ0) is 14.3. The van der Waals surface area contributed by atoms with E-state index in [9.17, 15) is 9.90 Å². The second kappa shape index (κ2) is 5.00. The quantitative estimate of drug-likeness (QED) is 0.856. The molecule has 4 nitrogen and oxygen atoms in total. The van der Waals surface area contributed by atoms with Gasteiger partial charge >= 0.3 is 0 Å². The van der Waals surface area contributed by atoms with Crippen LogP contribution in [0.1, 0.15) is 36.8 Å². The monoisotopic (exact) mass is 274 g/mol. The summed E-state index contributed by atoms with van der Waals surface area (Å²) in [7, 11) is 1.80. The summed E-state index contributed by atoms with van der Waals surface area (Å²) in [4.78, 5) is 15.8. The highest BCUT2D eigenvalue weighted by Crippen LogP contribution is 2.43. The third kappa shape index (κ3) is 2.03. The molecule has 1 fully saturated rings. The number of piperidine rings is 1. The van der Waals surface area contributed by atoms with Crippen LogP contribution in [0.2, 0.25) is 0 Å². The minimum Gasteiger partial charge on any atom is -0.505 e. The maximum absolute atomic E-state index is 11.8. The van der Waals surface area contributed by atoms with Crippen molar-refractivity contribution < 1.29 is 9.90 Å². The van der Waals surface area contributed by atoms with Crippen molar-refractivity contribution in [3.05, 3.63) is 17.2 Å². The number of aryl methyl sites for hydroxylation is 1. The van der Waals surface area contributed by atoms with E-state index in [0.29, 0.717) is 18.6 Å². The molecular formula is C16H22N2O2. The van der Waals surface area contributed by atoms with Crippen molar-refractivity contribution >= 4 is 17.3 Å². The van der Waals surface area contributed by atoms with Gasteiger partial charge in [-0.1, -0.05) is 0 Å². The summed E-state index contributed by atoms with van der Waals surface area (Å²) >= 11 is 0. The standard InChI is InChI=1S/C16H22N2O2/c1-11-10-13(18-8-4-3-5-9-18)16(20)12-6-7-14(19)17(2)15(11)12/h10,20H,3-9H2,1-2H3. The summed E-state index contributed by atoms with van der Waals surface area (Å²) in [6.45, 7) is 4.06. The van der Waals surface area contributed by atoms with Crippen LogP contribution in [0.4, 0.5) is 11.4 Å². The molecule has 108 valence electrons. The molecule has 0 unspecified atom stereocenters. The van der Waals surface area contributed by atoms with Crippen molar-refractivity contribution in [2.45, 2.75) is 39.0 Å². The summed E-state index contributed by atoms with van der Waals surface area (Å²) in [5, 5.41) is 10.6. The van der Waals surface area contributed by atoms with Crippen molar-refractivity contribution in [2.75, 3.05) is 29.9 Å². The fourth-order valence-corrected chi connectivity index (χ4v) is 3.45. The van der Waals surface area contributed by atoms with Gasteiger partial charge in [-0.15, -0.1) is 0 Å². The summed E-state index contributed by atoms with van der Waals surface area (Å²) < 4.78 is 0. The Morgan fingerprint density at radius 1 is 1.15 bits per heavy atom. The number of nitrogens with zero attached hydrogens (tertiary/aromatic N) is 2. The van der Waals surface area contributed by atoms with Crippen LogP contribution in [-0.2, 0) is 11.2 Å². The first-order valence-corrected chi connectivity index (χ1v) is 7.46. The molecule has 0 aromatic heterocycles. The Hall–Kier alpha value is -1.71. The molecule has 20 heavy (non-hydrogen) atoms. The Kier molecular flexibility index (Phi) is 3.32. The van der Waals surface area contributed by atoms with Crippen molar-refractivity contribution in [3.63, 3.8) is 0 Å². The first-order chi connectivity index (χ1) is 9.59. The van der Waals surface area contributed by atoms with E-state index < -0.39 is 0 Å². The van der Waals surface area contributed by atoms with Crippen LogP contribution in [-0.4, -0.2) is 31.2 Å². The lowest BCUT2D eigenvalue weighted by Gasteiger charge is -2.34. The van der Waals surface area contributed by atoms with Crippen LogP contribution in [0.25, 0.3) is 0 Å². The number of carbonyl (C=O) groups excluding carboxylic acids is 1. The van der Waals surface area contributed by atoms with Crippen LogP contribution in [0.5, 0.6) is 5.75 Å². The number of hydrogen-bond acceptors (Lipinski definition) is 3. The van der Waals surface area contributed by atoms with E-state index in [0.717, 1.165) is 35.6 Å². The molecule has 1 N–H and O–H groups in total. The SMILES string of the molecule is Cc1cc(N2CCCCC2)c(O)c2c1N(C)C(=O)CC2. The van der Waals surface area contributed by atoms with E-state index in [-0.39, 0.29) is 5.91 Å². The molecule has 0 saturated carbocycles. The molecule has 1 amide bonds. The highest BCUT2D eigenvalue weighted by Gasteiger charge is 2.28. The summed E-state index contributed by atoms with van der Waals surface area (Å²) in [5.41, 5.74) is 3.87. The van der Waals surface area contributed by atoms with Gasteiger partial charge in [-0.3, -0.25) is 4.79 Å². The Morgan fingerprint density at radius 3 is 2.55 bits per heavy atom. The number of aromatic hydroxyl groups is 1. The predicted molar refractivity (Wildman–Crippen MR) is 80.6 cm³/mol. The van der Waals surface area contributed by atoms with Gasteiger partial charge in [0.05, 0.1) is 11.4 Å². The highest BCUT2D eigenvalue weighted by molar-refractivity contribution is 5.98. The fraction of sp³-hybridized carbons (Fsp3) is 0.562. The number of amides is 1. The van der Waals surface area contributed by atoms with Gasteiger partial charge in [0, 0.05) is 32.1 Å². The van der Waals surface area contributed by atoms with Crippen LogP contribution in [0, 0.1) is 6.92 Å². The van der Waals surface area contributed by atoms with E-state index in [2.05, 4.69) is 4.90 Å². The summed E-state index contributed by atoms with van der Waals surface area (Å²) in [5.74, 6) is 0.512. The van der Waals surface area contributed by atoms with Crippen molar-refractivity contribution in [1.82, 2.24) is 0 Å². The summed E-state index contributed by atoms with van der Waals surface area (Å²) in [6.07, 6.45) is 4.78. The lowest BCUT2D eigenvalue weighted by molar-refractivity contribution is -0.118. The van der Waals surface area contributed by atoms with E-state index in [4.69, 9.17) is 0 Å². The normalized spacial score (nSPS) is 19.2. The number of phenols is 1. The highest BCUT2D eigenvalue weighted by atomic mass is 16.3. The van der Waals surface area contributed by atoms with E-state index in [1.165, 1.54) is 19.3 Å². The average Bonchev–Trinajstić information content (AvgIpc) is 2.46. The molecule has 1 aromatic rings. The fourth-order valence-electron chi connectivity index (χ4n) is 3.45. The number of phenolic OH excluding ortho intramolecular Hbond substituents is 1. The molecule has 1 aromatic carbocycles. The molecular weight excluding hydrogens is 252 g/mol. The zero-order valence-electron chi connectivity index (χ0n) is 12.3. The number of hydrogen-bond donors (Lipinski definition) is 1. The summed E-state index contributed by atoms with van der Waals surface area (Å²) in [6, 6.07) is 2.04. The number of fused-ring (bicyclic) bond motifs is 1. The smallest absolute Gasteiger partial charge is 0.227 e. The molecule has 2 heterocycles. The minimum absolute atomic E-state index is 0.130. The maximum atomic E-state index is 11.8. The average molecular weight is 274 g/mol. The van der Waals surface area contributed by atoms with Crippen LogP contribution >= 0.6 is 0 Å². The number of anilines is 2. The second-order valence-corrected chi connectivity index (χ2v) is 5.89. The van der Waals surface area contributed by atoms with Crippen LogP contribution in [0.3, 0.4) is 0 Å². The number of carbonyl (C=O) groups is 1. The molecule has 3 rings (SSSR count). The van der Waals surface area contributed by atoms with Crippen molar-refractivity contribution in [2.24, 2.45) is 0 Å². The van der Waals surface area contributed by atoms with E-state index in [1.807, 2.05) is 13.0 Å². The van der Waals surface area contributed by atoms with Crippen molar-refractivity contribution in [3.8, 4) is 5.75 Å². The van der Waals surface area contributed by atoms with E-state index >= 15 is 0 Å². The second-order valence-electron chi connectivity index (χ2n) is 5.89. The van der Waals surface area contributed by atoms with Gasteiger partial charge in [-0.25, -0.2) is 0 Å². The Morgan fingerprint density at radius 2 is 1.85 bits per heavy atom.